The van der Waals surface area contributed by atoms with E-state index in [4.69, 9.17) is 0 Å². The summed E-state index contributed by atoms with van der Waals surface area (Å²) in [5.41, 5.74) is 5.43. The highest BCUT2D eigenvalue weighted by Crippen LogP contribution is 2.67. The van der Waals surface area contributed by atoms with Gasteiger partial charge >= 0.3 is 0 Å². The van der Waals surface area contributed by atoms with Gasteiger partial charge in [0.15, 0.2) is 0 Å². The number of hydrogen-bond donors (Lipinski definition) is 1. The molecule has 3 fully saturated rings. The lowest BCUT2D eigenvalue weighted by Gasteiger charge is -2.60. The fourth-order valence-corrected chi connectivity index (χ4v) is 8.10. The summed E-state index contributed by atoms with van der Waals surface area (Å²) in [6, 6.07) is 9.01. The van der Waals surface area contributed by atoms with Crippen molar-refractivity contribution in [3.63, 3.8) is 0 Å². The third-order valence-corrected chi connectivity index (χ3v) is 9.65. The van der Waals surface area contributed by atoms with E-state index in [1.54, 1.807) is 5.57 Å². The van der Waals surface area contributed by atoms with Gasteiger partial charge in [-0.3, -0.25) is 0 Å². The molecule has 4 aliphatic rings. The largest absolute Gasteiger partial charge is 0.393 e. The number of fused-ring (bicyclic) bond motifs is 5. The lowest BCUT2D eigenvalue weighted by Crippen LogP contribution is -2.53. The van der Waals surface area contributed by atoms with Gasteiger partial charge in [-0.25, -0.2) is 0 Å². The summed E-state index contributed by atoms with van der Waals surface area (Å²) in [6.45, 7) is 7.45. The molecule has 0 aliphatic heterocycles. The zero-order valence-electron chi connectivity index (χ0n) is 17.4. The van der Waals surface area contributed by atoms with Gasteiger partial charge in [0, 0.05) is 0 Å². The predicted molar refractivity (Wildman–Crippen MR) is 112 cm³/mol. The molecule has 1 aromatic rings. The van der Waals surface area contributed by atoms with Crippen molar-refractivity contribution in [1.82, 2.24) is 0 Å². The van der Waals surface area contributed by atoms with E-state index in [9.17, 15) is 5.11 Å². The van der Waals surface area contributed by atoms with Crippen LogP contribution in [-0.2, 0) is 0 Å². The molecule has 7 atom stereocenters. The van der Waals surface area contributed by atoms with E-state index < -0.39 is 0 Å². The van der Waals surface area contributed by atoms with E-state index in [-0.39, 0.29) is 6.10 Å². The minimum absolute atomic E-state index is 0.0331. The van der Waals surface area contributed by atoms with E-state index >= 15 is 0 Å². The monoisotopic (exact) mass is 364 g/mol. The molecule has 1 nitrogen and oxygen atoms in total. The predicted octanol–water partition coefficient (Wildman–Crippen LogP) is 6.39. The van der Waals surface area contributed by atoms with Gasteiger partial charge in [0.1, 0.15) is 0 Å². The van der Waals surface area contributed by atoms with Crippen LogP contribution in [0.25, 0.3) is 5.57 Å². The quantitative estimate of drug-likeness (QED) is 0.612. The second-order valence-electron chi connectivity index (χ2n) is 10.7. The molecule has 4 aliphatic carbocycles. The maximum absolute atomic E-state index is 10.2. The van der Waals surface area contributed by atoms with Crippen molar-refractivity contribution in [2.75, 3.05) is 0 Å². The lowest BCUT2D eigenvalue weighted by atomic mass is 9.44. The molecule has 0 bridgehead atoms. The first-order chi connectivity index (χ1) is 12.9. The normalized spacial score (nSPS) is 46.2. The lowest BCUT2D eigenvalue weighted by molar-refractivity contribution is -0.115. The highest BCUT2D eigenvalue weighted by Gasteiger charge is 2.58. The summed E-state index contributed by atoms with van der Waals surface area (Å²) >= 11 is 0. The fourth-order valence-electron chi connectivity index (χ4n) is 8.10. The van der Waals surface area contributed by atoms with E-state index in [2.05, 4.69) is 51.1 Å². The molecule has 146 valence electrons. The van der Waals surface area contributed by atoms with E-state index in [0.29, 0.717) is 10.8 Å². The van der Waals surface area contributed by atoms with E-state index in [1.165, 1.54) is 49.7 Å². The Bertz CT molecular complexity index is 763. The number of hydrogen-bond acceptors (Lipinski definition) is 1. The summed E-state index contributed by atoms with van der Waals surface area (Å²) in [5, 5.41) is 10.2. The van der Waals surface area contributed by atoms with Gasteiger partial charge in [-0.2, -0.15) is 0 Å². The average molecular weight is 365 g/mol. The Hall–Kier alpha value is -1.08. The molecule has 5 rings (SSSR count). The maximum Gasteiger partial charge on any atom is 0.0543 e. The molecule has 1 heteroatoms. The molecule has 0 amide bonds. The van der Waals surface area contributed by atoms with Crippen molar-refractivity contribution in [2.24, 2.45) is 34.5 Å². The third kappa shape index (κ3) is 2.53. The van der Waals surface area contributed by atoms with Crippen LogP contribution in [0.4, 0.5) is 0 Å². The Morgan fingerprint density at radius 1 is 0.963 bits per heavy atom. The van der Waals surface area contributed by atoms with E-state index in [0.717, 1.165) is 36.5 Å². The number of benzene rings is 1. The first-order valence-corrected chi connectivity index (χ1v) is 11.4. The van der Waals surface area contributed by atoms with Crippen LogP contribution < -0.4 is 0 Å². The van der Waals surface area contributed by atoms with Gasteiger partial charge in [0.25, 0.3) is 0 Å². The number of aliphatic hydroxyl groups excluding tert-OH is 1. The Morgan fingerprint density at radius 3 is 2.59 bits per heavy atom. The van der Waals surface area contributed by atoms with Crippen molar-refractivity contribution in [2.45, 2.75) is 78.2 Å². The van der Waals surface area contributed by atoms with Crippen LogP contribution >= 0.6 is 0 Å². The number of aryl methyl sites for hydroxylation is 1. The summed E-state index contributed by atoms with van der Waals surface area (Å²) in [5.74, 6) is 3.36. The van der Waals surface area contributed by atoms with Crippen LogP contribution in [0, 0.1) is 41.4 Å². The summed E-state index contributed by atoms with van der Waals surface area (Å²) < 4.78 is 0. The Morgan fingerprint density at radius 2 is 1.78 bits per heavy atom. The van der Waals surface area contributed by atoms with Crippen molar-refractivity contribution in [3.05, 3.63) is 41.5 Å². The maximum atomic E-state index is 10.2. The Balaban J connectivity index is 1.45. The topological polar surface area (TPSA) is 20.2 Å². The van der Waals surface area contributed by atoms with Gasteiger partial charge in [0.05, 0.1) is 6.10 Å². The van der Waals surface area contributed by atoms with Crippen molar-refractivity contribution >= 4 is 5.57 Å². The van der Waals surface area contributed by atoms with Crippen LogP contribution in [0.2, 0.25) is 0 Å². The zero-order valence-corrected chi connectivity index (χ0v) is 17.4. The molecule has 3 saturated carbocycles. The molecule has 0 saturated heterocycles. The minimum Gasteiger partial charge on any atom is -0.393 e. The zero-order chi connectivity index (χ0) is 18.8. The molecular weight excluding hydrogens is 328 g/mol. The molecule has 1 aromatic carbocycles. The second kappa shape index (κ2) is 6.21. The molecule has 0 heterocycles. The van der Waals surface area contributed by atoms with Crippen molar-refractivity contribution in [1.29, 1.82) is 0 Å². The van der Waals surface area contributed by atoms with E-state index in [1.807, 2.05) is 0 Å². The average Bonchev–Trinajstić information content (AvgIpc) is 3.00. The summed E-state index contributed by atoms with van der Waals surface area (Å²) in [6.07, 6.45) is 12.7. The van der Waals surface area contributed by atoms with Crippen LogP contribution in [-0.4, -0.2) is 11.2 Å². The highest BCUT2D eigenvalue weighted by atomic mass is 16.3. The third-order valence-electron chi connectivity index (χ3n) is 9.65. The molecule has 0 unspecified atom stereocenters. The van der Waals surface area contributed by atoms with Gasteiger partial charge in [-0.1, -0.05) is 44.2 Å². The van der Waals surface area contributed by atoms with Crippen molar-refractivity contribution < 1.29 is 5.11 Å². The fraction of sp³-hybridized carbons (Fsp3) is 0.692. The number of aliphatic hydroxyl groups is 1. The summed E-state index contributed by atoms with van der Waals surface area (Å²) in [4.78, 5) is 0. The first kappa shape index (κ1) is 18.0. The molecule has 0 aromatic heterocycles. The van der Waals surface area contributed by atoms with Crippen LogP contribution in [0.5, 0.6) is 0 Å². The molecule has 0 spiro atoms. The second-order valence-corrected chi connectivity index (χ2v) is 10.7. The smallest absolute Gasteiger partial charge is 0.0543 e. The number of allylic oxidation sites excluding steroid dienone is 2. The van der Waals surface area contributed by atoms with Crippen molar-refractivity contribution in [3.8, 4) is 0 Å². The molecule has 1 N–H and O–H groups in total. The first-order valence-electron chi connectivity index (χ1n) is 11.4. The van der Waals surface area contributed by atoms with Crippen LogP contribution in [0.1, 0.15) is 76.3 Å². The highest BCUT2D eigenvalue weighted by molar-refractivity contribution is 5.74. The number of rotatable bonds is 1. The summed E-state index contributed by atoms with van der Waals surface area (Å²) in [7, 11) is 0. The van der Waals surface area contributed by atoms with Crippen LogP contribution in [0.3, 0.4) is 0 Å². The van der Waals surface area contributed by atoms with Gasteiger partial charge < -0.3 is 5.11 Å². The standard InChI is InChI=1S/C26H36O/c1-17-6-4-5-7-20(17)22-10-11-23-21-9-8-18-16-19(27)12-14-25(18,2)24(21)13-15-26(22,23)3/h4-7,10,18-19,21,23-24,27H,8-9,11-16H2,1-3H3/t18-,19-,21-,23-,24-,25-,26+/m0/s1. The van der Waals surface area contributed by atoms with Crippen LogP contribution in [0.15, 0.2) is 30.3 Å². The Kier molecular flexibility index (Phi) is 4.14. The minimum atomic E-state index is -0.0331. The van der Waals surface area contributed by atoms with Gasteiger partial charge in [-0.05, 0) is 109 Å². The van der Waals surface area contributed by atoms with Gasteiger partial charge in [0.2, 0.25) is 0 Å². The van der Waals surface area contributed by atoms with Gasteiger partial charge in [-0.15, -0.1) is 0 Å². The SMILES string of the molecule is Cc1ccccc1C1=CC[C@H]2[C@@H]3CC[C@H]4C[C@@H](O)CC[C@]4(C)[C@H]3CC[C@]12C. The molecule has 27 heavy (non-hydrogen) atoms. The Labute approximate surface area is 165 Å². The molecule has 0 radical (unpaired) electrons. The molecular formula is C26H36O.